The second kappa shape index (κ2) is 5.44. The van der Waals surface area contributed by atoms with Gasteiger partial charge in [0.2, 0.25) is 0 Å². The fourth-order valence-electron chi connectivity index (χ4n) is 1.85. The average molecular weight is 256 g/mol. The minimum Gasteiger partial charge on any atom is -0.378 e. The molecule has 1 aromatic heterocycles. The first-order valence-electron chi connectivity index (χ1n) is 5.36. The number of halogens is 1. The minimum atomic E-state index is -0.201. The first-order valence-corrected chi connectivity index (χ1v) is 5.74. The van der Waals surface area contributed by atoms with Gasteiger partial charge in [-0.1, -0.05) is 11.6 Å². The highest BCUT2D eigenvalue weighted by Gasteiger charge is 2.28. The molecule has 6 heteroatoms. The molecule has 0 bridgehead atoms. The Balaban J connectivity index is 2.04. The van der Waals surface area contributed by atoms with Gasteiger partial charge < -0.3 is 15.4 Å². The summed E-state index contributed by atoms with van der Waals surface area (Å²) in [5.41, 5.74) is 0.434. The van der Waals surface area contributed by atoms with E-state index in [0.29, 0.717) is 17.1 Å². The first-order chi connectivity index (χ1) is 8.22. The zero-order valence-corrected chi connectivity index (χ0v) is 10.2. The van der Waals surface area contributed by atoms with Crippen molar-refractivity contribution >= 4 is 17.5 Å². The van der Waals surface area contributed by atoms with Gasteiger partial charge >= 0.3 is 0 Å². The second-order valence-electron chi connectivity index (χ2n) is 3.87. The highest BCUT2D eigenvalue weighted by molar-refractivity contribution is 6.33. The van der Waals surface area contributed by atoms with Gasteiger partial charge in [0.05, 0.1) is 22.7 Å². The third kappa shape index (κ3) is 2.74. The Bertz CT molecular complexity index is 413. The molecular formula is C11H14ClN3O2. The molecule has 5 nitrogen and oxygen atoms in total. The Morgan fingerprint density at radius 3 is 3.18 bits per heavy atom. The molecule has 1 aliphatic heterocycles. The van der Waals surface area contributed by atoms with Crippen LogP contribution in [0.2, 0.25) is 5.02 Å². The molecule has 17 heavy (non-hydrogen) atoms. The molecule has 2 atom stereocenters. The molecule has 2 N–H and O–H groups in total. The van der Waals surface area contributed by atoms with E-state index in [0.717, 1.165) is 6.54 Å². The number of aromatic nitrogens is 1. The van der Waals surface area contributed by atoms with Gasteiger partial charge in [0.15, 0.2) is 0 Å². The lowest BCUT2D eigenvalue weighted by Crippen LogP contribution is -2.43. The van der Waals surface area contributed by atoms with Gasteiger partial charge in [-0.25, -0.2) is 0 Å². The van der Waals surface area contributed by atoms with E-state index in [-0.39, 0.29) is 18.1 Å². The van der Waals surface area contributed by atoms with Crippen molar-refractivity contribution in [1.29, 1.82) is 0 Å². The number of nitrogens with zero attached hydrogens (tertiary/aromatic N) is 1. The number of rotatable bonds is 3. The predicted molar refractivity (Wildman–Crippen MR) is 64.2 cm³/mol. The van der Waals surface area contributed by atoms with Crippen LogP contribution in [0.5, 0.6) is 0 Å². The van der Waals surface area contributed by atoms with Crippen LogP contribution in [0.4, 0.5) is 0 Å². The van der Waals surface area contributed by atoms with E-state index in [1.807, 2.05) is 0 Å². The predicted octanol–water partition coefficient (Wildman–Crippen LogP) is 0.452. The molecule has 2 rings (SSSR count). The molecule has 0 radical (unpaired) electrons. The van der Waals surface area contributed by atoms with E-state index >= 15 is 0 Å². The number of amides is 1. The van der Waals surface area contributed by atoms with Crippen molar-refractivity contribution in [2.75, 3.05) is 20.2 Å². The molecule has 1 fully saturated rings. The van der Waals surface area contributed by atoms with Crippen LogP contribution >= 0.6 is 11.6 Å². The average Bonchev–Trinajstić information content (AvgIpc) is 2.76. The lowest BCUT2D eigenvalue weighted by atomic mass is 10.2. The molecule has 0 spiro atoms. The van der Waals surface area contributed by atoms with Crippen LogP contribution in [-0.4, -0.2) is 43.2 Å². The molecule has 1 amide bonds. The van der Waals surface area contributed by atoms with Crippen LogP contribution in [0, 0.1) is 0 Å². The van der Waals surface area contributed by atoms with Gasteiger partial charge in [-0.15, -0.1) is 0 Å². The summed E-state index contributed by atoms with van der Waals surface area (Å²) in [4.78, 5) is 15.8. The molecule has 0 saturated carbocycles. The summed E-state index contributed by atoms with van der Waals surface area (Å²) in [6.07, 6.45) is 3.00. The number of hydrogen-bond donors (Lipinski definition) is 2. The van der Waals surface area contributed by atoms with Crippen LogP contribution in [0.3, 0.4) is 0 Å². The van der Waals surface area contributed by atoms with Crippen LogP contribution in [0.15, 0.2) is 18.5 Å². The largest absolute Gasteiger partial charge is 0.378 e. The van der Waals surface area contributed by atoms with Gasteiger partial charge in [0, 0.05) is 32.6 Å². The van der Waals surface area contributed by atoms with E-state index in [4.69, 9.17) is 16.3 Å². The lowest BCUT2D eigenvalue weighted by molar-refractivity contribution is 0.0780. The number of carbonyl (C=O) groups excluding carboxylic acids is 1. The third-order valence-corrected chi connectivity index (χ3v) is 3.10. The minimum absolute atomic E-state index is 0.000405. The summed E-state index contributed by atoms with van der Waals surface area (Å²) >= 11 is 5.90. The van der Waals surface area contributed by atoms with Gasteiger partial charge in [0.1, 0.15) is 0 Å². The summed E-state index contributed by atoms with van der Waals surface area (Å²) in [6, 6.07) is 1.57. The van der Waals surface area contributed by atoms with Crippen LogP contribution in [-0.2, 0) is 4.74 Å². The van der Waals surface area contributed by atoms with Crippen LogP contribution in [0.1, 0.15) is 10.4 Å². The summed E-state index contributed by atoms with van der Waals surface area (Å²) < 4.78 is 5.27. The summed E-state index contributed by atoms with van der Waals surface area (Å²) in [5, 5.41) is 6.41. The topological polar surface area (TPSA) is 63.2 Å². The summed E-state index contributed by atoms with van der Waals surface area (Å²) in [6.45, 7) is 1.44. The van der Waals surface area contributed by atoms with E-state index in [1.54, 1.807) is 19.4 Å². The number of pyridine rings is 1. The normalized spacial score (nSPS) is 23.6. The smallest absolute Gasteiger partial charge is 0.253 e. The SMILES string of the molecule is CO[C@H]1CNCC1NC(=O)c1ccncc1Cl. The summed E-state index contributed by atoms with van der Waals surface area (Å²) in [5.74, 6) is -0.201. The standard InChI is InChI=1S/C11H14ClN3O2/c1-17-10-6-14-5-9(10)15-11(16)7-2-3-13-4-8(7)12/h2-4,9-10,14H,5-6H2,1H3,(H,15,16)/t9?,10-/m0/s1. The Morgan fingerprint density at radius 2 is 2.47 bits per heavy atom. The van der Waals surface area contributed by atoms with Crippen molar-refractivity contribution in [2.45, 2.75) is 12.1 Å². The number of carbonyl (C=O) groups is 1. The quantitative estimate of drug-likeness (QED) is 0.823. The number of methoxy groups -OCH3 is 1. The van der Waals surface area contributed by atoms with E-state index in [1.165, 1.54) is 6.20 Å². The van der Waals surface area contributed by atoms with Gasteiger partial charge in [-0.2, -0.15) is 0 Å². The molecule has 1 saturated heterocycles. The monoisotopic (exact) mass is 255 g/mol. The maximum atomic E-state index is 12.0. The second-order valence-corrected chi connectivity index (χ2v) is 4.28. The number of ether oxygens (including phenoxy) is 1. The van der Waals surface area contributed by atoms with Crippen molar-refractivity contribution < 1.29 is 9.53 Å². The Hall–Kier alpha value is -1.17. The van der Waals surface area contributed by atoms with Crippen molar-refractivity contribution in [2.24, 2.45) is 0 Å². The fraction of sp³-hybridized carbons (Fsp3) is 0.455. The van der Waals surface area contributed by atoms with E-state index in [2.05, 4.69) is 15.6 Å². The third-order valence-electron chi connectivity index (χ3n) is 2.79. The molecule has 0 aromatic carbocycles. The Morgan fingerprint density at radius 1 is 1.65 bits per heavy atom. The van der Waals surface area contributed by atoms with Crippen LogP contribution < -0.4 is 10.6 Å². The highest BCUT2D eigenvalue weighted by atomic mass is 35.5. The molecule has 2 heterocycles. The summed E-state index contributed by atoms with van der Waals surface area (Å²) in [7, 11) is 1.64. The maximum absolute atomic E-state index is 12.0. The zero-order valence-electron chi connectivity index (χ0n) is 9.44. The molecule has 0 aliphatic carbocycles. The number of hydrogen-bond acceptors (Lipinski definition) is 4. The highest BCUT2D eigenvalue weighted by Crippen LogP contribution is 2.14. The Labute approximate surface area is 105 Å². The van der Waals surface area contributed by atoms with Crippen molar-refractivity contribution in [3.63, 3.8) is 0 Å². The first kappa shape index (κ1) is 12.3. The van der Waals surface area contributed by atoms with Crippen molar-refractivity contribution in [3.8, 4) is 0 Å². The lowest BCUT2D eigenvalue weighted by Gasteiger charge is -2.18. The molecule has 1 aromatic rings. The molecular weight excluding hydrogens is 242 g/mol. The number of nitrogens with one attached hydrogen (secondary N) is 2. The molecule has 1 aliphatic rings. The van der Waals surface area contributed by atoms with E-state index < -0.39 is 0 Å². The van der Waals surface area contributed by atoms with Gasteiger partial charge in [0.25, 0.3) is 5.91 Å². The van der Waals surface area contributed by atoms with Gasteiger partial charge in [-0.05, 0) is 6.07 Å². The van der Waals surface area contributed by atoms with Crippen molar-refractivity contribution in [1.82, 2.24) is 15.6 Å². The maximum Gasteiger partial charge on any atom is 0.253 e. The van der Waals surface area contributed by atoms with Crippen LogP contribution in [0.25, 0.3) is 0 Å². The fourth-order valence-corrected chi connectivity index (χ4v) is 2.06. The van der Waals surface area contributed by atoms with E-state index in [9.17, 15) is 4.79 Å². The Kier molecular flexibility index (Phi) is 3.93. The molecule has 1 unspecified atom stereocenters. The van der Waals surface area contributed by atoms with Crippen molar-refractivity contribution in [3.05, 3.63) is 29.0 Å². The van der Waals surface area contributed by atoms with Gasteiger partial charge in [-0.3, -0.25) is 9.78 Å². The zero-order chi connectivity index (χ0) is 12.3. The molecule has 92 valence electrons.